The lowest BCUT2D eigenvalue weighted by molar-refractivity contribution is -0.187. The fraction of sp³-hybridized carbons (Fsp3) is 0.942. The maximum atomic E-state index is 12.8. The molecule has 14 nitrogen and oxygen atoms in total. The molecule has 0 aromatic carbocycles. The highest BCUT2D eigenvalue weighted by molar-refractivity contribution is 5.79. The van der Waals surface area contributed by atoms with Crippen LogP contribution in [0.1, 0.15) is 602 Å². The molecule has 0 radical (unpaired) electrons. The molecule has 6 unspecified atom stereocenters. The van der Waals surface area contributed by atoms with Crippen LogP contribution in [0.15, 0.2) is 0 Å². The molecule has 0 saturated heterocycles. The SMILES string of the molecule is CC.CC.CC.CC.CC.CC.CC.CCC(C)(C)C(=O)OC(C)(C)C1CCCC1.CCC(C)(C)C(=O)OC(C)(C)C1CCCCC1.CCC(C)(C)C(=O)OC(C)(C1CCCCC1)C1CCCCC1.CCC(C)(C)C(=O)OC1(C)CC2CCC1(C)C2(C)C.CCC(C)(C)C(=O)OC1(C)CC2CCC1C2.CCC(C)(C)C(=O)OC1(C)CCCC1.CCC(C)(C)C(=O)OC1(C)CCCCCC1. The number of hydrogen-bond donors (Lipinski definition) is 0. The zero-order chi connectivity index (χ0) is 105. The van der Waals surface area contributed by atoms with Crippen molar-refractivity contribution >= 4 is 41.8 Å². The molecule has 0 spiro atoms. The second-order valence-corrected chi connectivity index (χ2v) is 47.4. The van der Waals surface area contributed by atoms with Gasteiger partial charge in [0, 0.05) is 5.41 Å². The van der Waals surface area contributed by atoms with Gasteiger partial charge in [0.1, 0.15) is 39.2 Å². The van der Waals surface area contributed by atoms with Crippen molar-refractivity contribution in [2.75, 3.05) is 0 Å². The normalized spacial score (nSPS) is 23.6. The maximum Gasteiger partial charge on any atom is 0.312 e. The highest BCUT2D eigenvalue weighted by atomic mass is 16.6. The zero-order valence-electron chi connectivity index (χ0n) is 98.7. The third kappa shape index (κ3) is 41.3. The summed E-state index contributed by atoms with van der Waals surface area (Å²) in [5.41, 5.74) is -3.70. The summed E-state index contributed by atoms with van der Waals surface area (Å²) in [6, 6.07) is 0. The molecule has 10 rings (SSSR count). The van der Waals surface area contributed by atoms with Crippen LogP contribution in [-0.2, 0) is 66.7 Å². The van der Waals surface area contributed by atoms with E-state index < -0.39 is 0 Å². The number of rotatable bonds is 25. The highest BCUT2D eigenvalue weighted by Gasteiger charge is 2.69. The Balaban J connectivity index is -0.000000721. The molecule has 798 valence electrons. The summed E-state index contributed by atoms with van der Waals surface area (Å²) in [4.78, 5) is 85.4. The Morgan fingerprint density at radius 3 is 0.754 bits per heavy atom. The Bertz CT molecular complexity index is 3130. The molecular formula is C120H234O14. The Labute approximate surface area is 834 Å². The predicted octanol–water partition coefficient (Wildman–Crippen LogP) is 36.8. The smallest absolute Gasteiger partial charge is 0.312 e. The highest BCUT2D eigenvalue weighted by Crippen LogP contribution is 2.71. The molecule has 0 aromatic rings. The van der Waals surface area contributed by atoms with Gasteiger partial charge < -0.3 is 33.2 Å². The average Bonchev–Trinajstić information content (AvgIpc) is 1.53. The second-order valence-electron chi connectivity index (χ2n) is 47.4. The average molecular weight is 1900 g/mol. The van der Waals surface area contributed by atoms with Gasteiger partial charge in [-0.25, -0.2) is 0 Å². The van der Waals surface area contributed by atoms with Crippen LogP contribution in [-0.4, -0.2) is 81.0 Å². The van der Waals surface area contributed by atoms with E-state index in [0.717, 1.165) is 89.4 Å². The number of carbonyl (C=O) groups is 7. The quantitative estimate of drug-likeness (QED) is 0.0478. The lowest BCUT2D eigenvalue weighted by atomic mass is 9.65. The first kappa shape index (κ1) is 137. The van der Waals surface area contributed by atoms with Crippen LogP contribution in [0.25, 0.3) is 0 Å². The molecule has 14 heteroatoms. The van der Waals surface area contributed by atoms with Crippen molar-refractivity contribution in [2.45, 2.75) is 641 Å². The third-order valence-corrected chi connectivity index (χ3v) is 34.3. The van der Waals surface area contributed by atoms with Crippen LogP contribution in [0.5, 0.6) is 0 Å². The van der Waals surface area contributed by atoms with E-state index in [1.54, 1.807) is 0 Å². The summed E-state index contributed by atoms with van der Waals surface area (Å²) < 4.78 is 41.2. The van der Waals surface area contributed by atoms with Crippen LogP contribution in [0, 0.1) is 90.2 Å². The largest absolute Gasteiger partial charge is 0.459 e. The van der Waals surface area contributed by atoms with Crippen LogP contribution in [0.4, 0.5) is 0 Å². The lowest BCUT2D eigenvalue weighted by Crippen LogP contribution is -2.49. The van der Waals surface area contributed by atoms with Crippen LogP contribution in [0.2, 0.25) is 0 Å². The first-order valence-corrected chi connectivity index (χ1v) is 56.8. The molecule has 10 aliphatic rings. The van der Waals surface area contributed by atoms with Gasteiger partial charge in [-0.05, 0) is 399 Å². The molecule has 0 heterocycles. The van der Waals surface area contributed by atoms with Crippen molar-refractivity contribution in [3.8, 4) is 0 Å². The Hall–Kier alpha value is -3.71. The molecule has 4 bridgehead atoms. The number of hydrogen-bond acceptors (Lipinski definition) is 14. The van der Waals surface area contributed by atoms with E-state index in [-0.39, 0.29) is 130 Å². The topological polar surface area (TPSA) is 184 Å². The molecule has 10 saturated carbocycles. The third-order valence-electron chi connectivity index (χ3n) is 34.3. The summed E-state index contributed by atoms with van der Waals surface area (Å²) in [6.45, 7) is 96.0. The van der Waals surface area contributed by atoms with Crippen molar-refractivity contribution < 1.29 is 66.7 Å². The Morgan fingerprint density at radius 2 is 0.500 bits per heavy atom. The summed E-state index contributed by atoms with van der Waals surface area (Å²) in [5, 5.41) is 0. The van der Waals surface area contributed by atoms with Gasteiger partial charge in [0.2, 0.25) is 0 Å². The van der Waals surface area contributed by atoms with Crippen molar-refractivity contribution in [2.24, 2.45) is 90.2 Å². The van der Waals surface area contributed by atoms with Gasteiger partial charge in [0.05, 0.1) is 37.9 Å². The van der Waals surface area contributed by atoms with Gasteiger partial charge >= 0.3 is 41.8 Å². The fourth-order valence-electron chi connectivity index (χ4n) is 20.2. The number of fused-ring (bicyclic) bond motifs is 4. The van der Waals surface area contributed by atoms with Gasteiger partial charge in [0.25, 0.3) is 0 Å². The number of ether oxygens (including phenoxy) is 7. The van der Waals surface area contributed by atoms with E-state index in [4.69, 9.17) is 33.2 Å². The molecule has 0 N–H and O–H groups in total. The summed E-state index contributed by atoms with van der Waals surface area (Å²) in [6.07, 6.45) is 49.9. The van der Waals surface area contributed by atoms with Crippen molar-refractivity contribution in [1.82, 2.24) is 0 Å². The van der Waals surface area contributed by atoms with E-state index in [2.05, 4.69) is 96.9 Å². The minimum Gasteiger partial charge on any atom is -0.459 e. The lowest BCUT2D eigenvalue weighted by Gasteiger charge is -2.47. The van der Waals surface area contributed by atoms with Gasteiger partial charge in [-0.3, -0.25) is 33.6 Å². The molecule has 0 amide bonds. The number of esters is 7. The van der Waals surface area contributed by atoms with E-state index in [9.17, 15) is 33.6 Å². The van der Waals surface area contributed by atoms with E-state index in [1.165, 1.54) is 193 Å². The van der Waals surface area contributed by atoms with Crippen LogP contribution >= 0.6 is 0 Å². The molecule has 10 aliphatic carbocycles. The van der Waals surface area contributed by atoms with E-state index in [1.807, 2.05) is 228 Å². The van der Waals surface area contributed by atoms with Crippen molar-refractivity contribution in [3.63, 3.8) is 0 Å². The minimum absolute atomic E-state index is 0.00921. The maximum absolute atomic E-state index is 12.8. The van der Waals surface area contributed by atoms with Gasteiger partial charge in [0.15, 0.2) is 0 Å². The Kier molecular flexibility index (Phi) is 63.8. The molecule has 0 aliphatic heterocycles. The van der Waals surface area contributed by atoms with Gasteiger partial charge in [-0.15, -0.1) is 0 Å². The van der Waals surface area contributed by atoms with Gasteiger partial charge in [-0.2, -0.15) is 0 Å². The van der Waals surface area contributed by atoms with Crippen LogP contribution in [0.3, 0.4) is 0 Å². The van der Waals surface area contributed by atoms with Gasteiger partial charge in [-0.1, -0.05) is 250 Å². The first-order valence-electron chi connectivity index (χ1n) is 56.8. The predicted molar refractivity (Wildman–Crippen MR) is 573 cm³/mol. The second kappa shape index (κ2) is 62.7. The summed E-state index contributed by atoms with van der Waals surface area (Å²) in [7, 11) is 0. The molecule has 10 fully saturated rings. The number of carbonyl (C=O) groups excluding carboxylic acids is 7. The van der Waals surface area contributed by atoms with Crippen molar-refractivity contribution in [1.29, 1.82) is 0 Å². The standard InChI is InChI=1S/C20H36O2.C17H30O2.C15H28O2.C14H24O2.2C14H26O2.C12H22O2.7C2H6/c1-5-19(2,3)18(21)22-20(4,16-12-8-6-9-13-16)17-14-10-7-11-15-17;1-8-14(2,3)13(18)19-17(7)11-12-9-10-16(17,6)15(12,4)5;1-6-14(2,3)13(16)17-15(4,5)12-10-8-7-9-11-12;1-5-13(2,3)12(15)16-14(4)9-10-6-7-11(14)8-10;1-6-13(2,3)12(15)16-14(4,5)11-9-7-8-10-11;1-5-13(2,3)12(15)16-14(4)10-8-6-7-9-11-14;1-5-11(2,3)10(13)14-12(4)8-6-7-9-12;7*1-2/h16-17H,5-15H2,1-4H3;12H,8-11H2,1-7H3;12H,6-11H2,1-5H3;10-11H,5-9H2,1-4H3;11H,6-10H2,1-5H3;5-11H2,1-4H3;5-9H2,1-4H3;7*1-2H3. The summed E-state index contributed by atoms with van der Waals surface area (Å²) in [5.74, 6) is 4.17. The first-order chi connectivity index (χ1) is 62.2. The monoisotopic (exact) mass is 1900 g/mol. The molecule has 6 atom stereocenters. The fourth-order valence-corrected chi connectivity index (χ4v) is 20.2. The van der Waals surface area contributed by atoms with E-state index >= 15 is 0 Å². The van der Waals surface area contributed by atoms with E-state index in [0.29, 0.717) is 35.5 Å². The summed E-state index contributed by atoms with van der Waals surface area (Å²) >= 11 is 0. The molecule has 0 aromatic heterocycles. The zero-order valence-corrected chi connectivity index (χ0v) is 98.7. The van der Waals surface area contributed by atoms with Crippen LogP contribution < -0.4 is 0 Å². The molecular weight excluding hydrogens is 1670 g/mol. The molecule has 134 heavy (non-hydrogen) atoms. The minimum atomic E-state index is -0.370. The van der Waals surface area contributed by atoms with Crippen molar-refractivity contribution in [3.05, 3.63) is 0 Å². The Morgan fingerprint density at radius 1 is 0.254 bits per heavy atom.